The zero-order valence-corrected chi connectivity index (χ0v) is 28.3. The van der Waals surface area contributed by atoms with Crippen molar-refractivity contribution in [1.82, 2.24) is 0 Å². The Hall–Kier alpha value is -1.44. The van der Waals surface area contributed by atoms with E-state index in [1.165, 1.54) is 12.5 Å². The summed E-state index contributed by atoms with van der Waals surface area (Å²) in [5.74, 6) is 0.237. The largest absolute Gasteiger partial charge is 0.481 e. The van der Waals surface area contributed by atoms with Gasteiger partial charge < -0.3 is 25.1 Å². The molecule has 0 radical (unpaired) electrons. The summed E-state index contributed by atoms with van der Waals surface area (Å²) in [4.78, 5) is 25.8. The van der Waals surface area contributed by atoms with E-state index in [0.717, 1.165) is 32.1 Å². The minimum atomic E-state index is -0.639. The van der Waals surface area contributed by atoms with E-state index in [2.05, 4.69) is 61.5 Å². The second-order valence-corrected chi connectivity index (χ2v) is 16.8. The molecule has 4 fully saturated rings. The van der Waals surface area contributed by atoms with Crippen LogP contribution in [0.5, 0.6) is 0 Å². The van der Waals surface area contributed by atoms with E-state index in [4.69, 9.17) is 19.9 Å². The molecular formula is C36H59NO6. The number of fused-ring (bicyclic) bond motifs is 3. The van der Waals surface area contributed by atoms with Gasteiger partial charge in [-0.15, -0.1) is 0 Å². The number of allylic oxidation sites excluding steroid dienone is 1. The number of hydrogen-bond acceptors (Lipinski definition) is 6. The zero-order valence-electron chi connectivity index (χ0n) is 28.3. The van der Waals surface area contributed by atoms with Gasteiger partial charge in [0.1, 0.15) is 12.2 Å². The van der Waals surface area contributed by atoms with Crippen molar-refractivity contribution in [3.05, 3.63) is 11.6 Å². The maximum Gasteiger partial charge on any atom is 0.307 e. The topological polar surface area (TPSA) is 108 Å². The summed E-state index contributed by atoms with van der Waals surface area (Å²) < 4.78 is 19.3. The number of hydrogen-bond donors (Lipinski definition) is 2. The minimum absolute atomic E-state index is 0.148. The lowest BCUT2D eigenvalue weighted by molar-refractivity contribution is -0.268. The van der Waals surface area contributed by atoms with Gasteiger partial charge in [0, 0.05) is 17.8 Å². The van der Waals surface area contributed by atoms with E-state index in [1.54, 1.807) is 0 Å². The maximum atomic E-state index is 13.3. The minimum Gasteiger partial charge on any atom is -0.481 e. The van der Waals surface area contributed by atoms with Crippen molar-refractivity contribution in [3.63, 3.8) is 0 Å². The average molecular weight is 602 g/mol. The van der Waals surface area contributed by atoms with Crippen molar-refractivity contribution >= 4 is 11.9 Å². The molecule has 3 saturated carbocycles. The highest BCUT2D eigenvalue weighted by Gasteiger charge is 2.72. The van der Waals surface area contributed by atoms with Crippen molar-refractivity contribution in [2.24, 2.45) is 68.3 Å². The summed E-state index contributed by atoms with van der Waals surface area (Å²) in [6.07, 6.45) is 7.32. The Labute approximate surface area is 260 Å². The fourth-order valence-corrected chi connectivity index (χ4v) is 11.5. The average Bonchev–Trinajstić information content (AvgIpc) is 2.92. The molecular weight excluding hydrogens is 542 g/mol. The highest BCUT2D eigenvalue weighted by Crippen LogP contribution is 2.75. The number of ether oxygens (including phenoxy) is 3. The third-order valence-electron chi connectivity index (χ3n) is 14.3. The molecule has 0 aromatic heterocycles. The first-order chi connectivity index (χ1) is 20.0. The van der Waals surface area contributed by atoms with Gasteiger partial charge in [-0.25, -0.2) is 0 Å². The normalized spacial score (nSPS) is 47.0. The van der Waals surface area contributed by atoms with Crippen LogP contribution in [0, 0.1) is 62.6 Å². The van der Waals surface area contributed by atoms with Crippen LogP contribution in [0.15, 0.2) is 11.6 Å². The van der Waals surface area contributed by atoms with Crippen LogP contribution in [0.4, 0.5) is 0 Å². The number of carboxylic acid groups (broad SMARTS) is 1. The molecule has 1 aliphatic heterocycles. The molecule has 3 N–H and O–H groups in total. The lowest BCUT2D eigenvalue weighted by Crippen LogP contribution is -2.70. The Morgan fingerprint density at radius 3 is 2.37 bits per heavy atom. The molecule has 0 amide bonds. The van der Waals surface area contributed by atoms with Crippen LogP contribution in [0.1, 0.15) is 101 Å². The molecule has 7 nitrogen and oxygen atoms in total. The van der Waals surface area contributed by atoms with E-state index >= 15 is 0 Å². The number of aliphatic carboxylic acids is 1. The first-order valence-electron chi connectivity index (χ1n) is 17.0. The Balaban J connectivity index is 1.58. The molecule has 244 valence electrons. The monoisotopic (exact) mass is 601 g/mol. The van der Waals surface area contributed by atoms with Crippen molar-refractivity contribution < 1.29 is 28.9 Å². The zero-order chi connectivity index (χ0) is 31.8. The van der Waals surface area contributed by atoms with Crippen LogP contribution in [-0.2, 0) is 23.8 Å². The summed E-state index contributed by atoms with van der Waals surface area (Å²) in [6, 6.07) is 0. The molecule has 0 aromatic carbocycles. The van der Waals surface area contributed by atoms with Gasteiger partial charge >= 0.3 is 11.9 Å². The third-order valence-corrected chi connectivity index (χ3v) is 14.3. The molecule has 4 aliphatic carbocycles. The predicted molar refractivity (Wildman–Crippen MR) is 167 cm³/mol. The molecule has 1 heterocycles. The van der Waals surface area contributed by atoms with Crippen molar-refractivity contribution in [3.8, 4) is 0 Å². The lowest BCUT2D eigenvalue weighted by atomic mass is 9.34. The van der Waals surface area contributed by atoms with E-state index < -0.39 is 11.9 Å². The van der Waals surface area contributed by atoms with Crippen molar-refractivity contribution in [1.29, 1.82) is 0 Å². The molecule has 12 atom stereocenters. The first-order valence-corrected chi connectivity index (χ1v) is 17.0. The van der Waals surface area contributed by atoms with E-state index in [-0.39, 0.29) is 57.1 Å². The summed E-state index contributed by atoms with van der Waals surface area (Å²) in [5.41, 5.74) is 6.06. The lowest BCUT2D eigenvalue weighted by Gasteiger charge is -2.71. The standard InChI is InChI=1S/C36H59NO6/c1-21(2)23(4)32(6)14-15-34(8)25-10-11-28-33(7)19-41-20-36(28,26(25)12-13-35(34,9)29(32)31(39)40)16-27(43-24(5)38)30(33)42-18-22(3)17-37/h12,21-23,25,27-30H,10-11,13-20,37H2,1-9H3,(H,39,40)/t22?,23-,25+,27-,28+,29-,30+,32-,33-,34-,35+,36+/m1/s1. The van der Waals surface area contributed by atoms with Gasteiger partial charge in [0.05, 0.1) is 25.7 Å². The van der Waals surface area contributed by atoms with Gasteiger partial charge in [0.2, 0.25) is 0 Å². The van der Waals surface area contributed by atoms with Crippen LogP contribution in [0.2, 0.25) is 0 Å². The number of esters is 1. The van der Waals surface area contributed by atoms with Crippen LogP contribution in [-0.4, -0.2) is 55.6 Å². The smallest absolute Gasteiger partial charge is 0.307 e. The summed E-state index contributed by atoms with van der Waals surface area (Å²) in [6.45, 7) is 21.8. The van der Waals surface area contributed by atoms with Gasteiger partial charge in [-0.3, -0.25) is 9.59 Å². The summed E-state index contributed by atoms with van der Waals surface area (Å²) >= 11 is 0. The molecule has 7 heteroatoms. The third kappa shape index (κ3) is 4.68. The fourth-order valence-electron chi connectivity index (χ4n) is 11.5. The summed E-state index contributed by atoms with van der Waals surface area (Å²) in [7, 11) is 0. The van der Waals surface area contributed by atoms with Crippen molar-refractivity contribution in [2.75, 3.05) is 26.4 Å². The van der Waals surface area contributed by atoms with Crippen LogP contribution >= 0.6 is 0 Å². The first kappa shape index (κ1) is 32.9. The highest BCUT2D eigenvalue weighted by atomic mass is 16.6. The quantitative estimate of drug-likeness (QED) is 0.242. The Bertz CT molecular complexity index is 1140. The molecule has 5 rings (SSSR count). The second kappa shape index (κ2) is 11.1. The number of carbonyl (C=O) groups excluding carboxylic acids is 1. The second-order valence-electron chi connectivity index (χ2n) is 16.8. The fraction of sp³-hybridized carbons (Fsp3) is 0.889. The van der Waals surface area contributed by atoms with Crippen molar-refractivity contribution in [2.45, 2.75) is 113 Å². The summed E-state index contributed by atoms with van der Waals surface area (Å²) in [5, 5.41) is 10.9. The van der Waals surface area contributed by atoms with Crippen LogP contribution in [0.25, 0.3) is 0 Å². The number of nitrogens with two attached hydrogens (primary N) is 1. The van der Waals surface area contributed by atoms with Gasteiger partial charge in [-0.2, -0.15) is 0 Å². The molecule has 5 aliphatic rings. The Morgan fingerprint density at radius 1 is 1.07 bits per heavy atom. The predicted octanol–water partition coefficient (Wildman–Crippen LogP) is 6.49. The number of rotatable bonds is 8. The van der Waals surface area contributed by atoms with Crippen LogP contribution < -0.4 is 5.73 Å². The molecule has 0 spiro atoms. The van der Waals surface area contributed by atoms with E-state index in [9.17, 15) is 14.7 Å². The van der Waals surface area contributed by atoms with Gasteiger partial charge in [0.15, 0.2) is 0 Å². The maximum absolute atomic E-state index is 13.3. The SMILES string of the molecule is CC(=O)O[C@@H]1C[C@@]23COC[C@](C)([C@@H]2CC[C@H]2C3=CC[C@@]3(C)[C@H](C(=O)O)[C@@](C)([C@H](C)C(C)C)CC[C@]23C)[C@H]1OCC(C)CN. The Morgan fingerprint density at radius 2 is 1.77 bits per heavy atom. The molecule has 43 heavy (non-hydrogen) atoms. The number of carboxylic acids is 1. The molecule has 1 saturated heterocycles. The highest BCUT2D eigenvalue weighted by molar-refractivity contribution is 5.73. The van der Waals surface area contributed by atoms with E-state index in [0.29, 0.717) is 50.5 Å². The Kier molecular flexibility index (Phi) is 8.52. The van der Waals surface area contributed by atoms with Gasteiger partial charge in [-0.1, -0.05) is 67.0 Å². The van der Waals surface area contributed by atoms with Crippen LogP contribution in [0.3, 0.4) is 0 Å². The van der Waals surface area contributed by atoms with Gasteiger partial charge in [-0.05, 0) is 90.9 Å². The van der Waals surface area contributed by atoms with E-state index in [1.807, 2.05) is 0 Å². The molecule has 0 aromatic rings. The van der Waals surface area contributed by atoms with Gasteiger partial charge in [0.25, 0.3) is 0 Å². The number of carbonyl (C=O) groups is 2. The molecule has 1 unspecified atom stereocenters. The molecule has 2 bridgehead atoms.